The van der Waals surface area contributed by atoms with Gasteiger partial charge in [0.2, 0.25) is 5.91 Å². The van der Waals surface area contributed by atoms with Crippen molar-refractivity contribution in [3.63, 3.8) is 0 Å². The second-order valence-corrected chi connectivity index (χ2v) is 12.4. The molecule has 274 valence electrons. The fraction of sp³-hybridized carbons (Fsp3) is 0.250. The number of ether oxygens (including phenoxy) is 2. The van der Waals surface area contributed by atoms with Gasteiger partial charge in [-0.3, -0.25) is 4.79 Å². The highest BCUT2D eigenvalue weighted by molar-refractivity contribution is 6.30. The van der Waals surface area contributed by atoms with Crippen LogP contribution < -0.4 is 10.1 Å². The Hall–Kier alpha value is -5.49. The van der Waals surface area contributed by atoms with Crippen LogP contribution in [0.5, 0.6) is 11.5 Å². The Balaban J connectivity index is 0.000000235. The van der Waals surface area contributed by atoms with Gasteiger partial charge >= 0.3 is 17.9 Å². The van der Waals surface area contributed by atoms with Crippen molar-refractivity contribution in [3.05, 3.63) is 137 Å². The molecule has 12 heteroatoms. The summed E-state index contributed by atoms with van der Waals surface area (Å²) in [5, 5.41) is 28.5. The number of amides is 1. The molecule has 4 aromatic rings. The Morgan fingerprint density at radius 2 is 1.44 bits per heavy atom. The van der Waals surface area contributed by atoms with Gasteiger partial charge in [0.05, 0.1) is 0 Å². The van der Waals surface area contributed by atoms with Crippen molar-refractivity contribution in [2.75, 3.05) is 25.5 Å². The maximum absolute atomic E-state index is 11.8. The summed E-state index contributed by atoms with van der Waals surface area (Å²) in [7, 11) is 2.22. The smallest absolute Gasteiger partial charge is 0.347 e. The van der Waals surface area contributed by atoms with E-state index >= 15 is 0 Å². The van der Waals surface area contributed by atoms with Crippen LogP contribution in [0.4, 0.5) is 5.69 Å². The number of phenolic OH excluding ortho intramolecular Hbond substituents is 1. The fourth-order valence-electron chi connectivity index (χ4n) is 5.36. The van der Waals surface area contributed by atoms with Gasteiger partial charge in [0.1, 0.15) is 22.7 Å². The number of esters is 1. The SMILES string of the molecule is CC(=O)Nc1ccc(OC(=O)c2ccccc2O)cc1.CN1CCCC1CCOC(C)(c1ccccc1)c1ccc(Cl)cc1.O=C(O)C=CC(=O)O. The number of aliphatic carboxylic acids is 2. The van der Waals surface area contributed by atoms with Crippen LogP contribution in [0, 0.1) is 0 Å². The first-order chi connectivity index (χ1) is 24.8. The number of nitrogens with zero attached hydrogens (tertiary/aromatic N) is 1. The van der Waals surface area contributed by atoms with Crippen molar-refractivity contribution >= 4 is 41.1 Å². The molecule has 0 radical (unpaired) electrons. The lowest BCUT2D eigenvalue weighted by Gasteiger charge is -2.32. The first-order valence-electron chi connectivity index (χ1n) is 16.5. The molecular weight excluding hydrogens is 688 g/mol. The predicted molar refractivity (Wildman–Crippen MR) is 199 cm³/mol. The molecule has 11 nitrogen and oxygen atoms in total. The summed E-state index contributed by atoms with van der Waals surface area (Å²) in [4.78, 5) is 44.3. The molecule has 0 bridgehead atoms. The first-order valence-corrected chi connectivity index (χ1v) is 16.8. The Bertz CT molecular complexity index is 1780. The van der Waals surface area contributed by atoms with E-state index in [1.165, 1.54) is 44.0 Å². The number of hydrogen-bond acceptors (Lipinski definition) is 8. The Kier molecular flexibility index (Phi) is 16.0. The van der Waals surface area contributed by atoms with Gasteiger partial charge in [-0.15, -0.1) is 0 Å². The molecule has 1 heterocycles. The van der Waals surface area contributed by atoms with Gasteiger partial charge in [0.25, 0.3) is 0 Å². The van der Waals surface area contributed by atoms with E-state index in [-0.39, 0.29) is 17.2 Å². The molecule has 1 saturated heterocycles. The molecule has 4 aromatic carbocycles. The second kappa shape index (κ2) is 20.4. The van der Waals surface area contributed by atoms with Crippen molar-refractivity contribution in [3.8, 4) is 11.5 Å². The highest BCUT2D eigenvalue weighted by Gasteiger charge is 2.31. The zero-order valence-corrected chi connectivity index (χ0v) is 30.0. The molecule has 1 fully saturated rings. The van der Waals surface area contributed by atoms with E-state index in [1.54, 1.807) is 36.4 Å². The molecule has 0 aliphatic carbocycles. The predicted octanol–water partition coefficient (Wildman–Crippen LogP) is 7.39. The van der Waals surface area contributed by atoms with Crippen molar-refractivity contribution in [2.45, 2.75) is 44.8 Å². The Morgan fingerprint density at radius 1 is 0.865 bits per heavy atom. The number of likely N-dealkylation sites (tertiary alicyclic amines) is 1. The fourth-order valence-corrected chi connectivity index (χ4v) is 5.49. The molecule has 0 spiro atoms. The molecule has 1 amide bonds. The molecular formula is C40H43ClN2O9. The summed E-state index contributed by atoms with van der Waals surface area (Å²) in [5.41, 5.74) is 2.56. The minimum atomic E-state index is -1.26. The van der Waals surface area contributed by atoms with E-state index in [0.29, 0.717) is 29.6 Å². The number of hydrogen-bond donors (Lipinski definition) is 4. The lowest BCUT2D eigenvalue weighted by atomic mass is 9.88. The lowest BCUT2D eigenvalue weighted by Crippen LogP contribution is -2.31. The average Bonchev–Trinajstić information content (AvgIpc) is 3.53. The van der Waals surface area contributed by atoms with Gasteiger partial charge in [-0.2, -0.15) is 0 Å². The third-order valence-corrected chi connectivity index (χ3v) is 8.36. The molecule has 1 aliphatic heterocycles. The first kappa shape index (κ1) is 40.9. The number of carbonyl (C=O) groups excluding carboxylic acids is 2. The summed E-state index contributed by atoms with van der Waals surface area (Å²) >= 11 is 6.07. The van der Waals surface area contributed by atoms with Gasteiger partial charge in [-0.05, 0) is 99.4 Å². The van der Waals surface area contributed by atoms with E-state index in [2.05, 4.69) is 60.6 Å². The maximum atomic E-state index is 11.8. The number of nitrogens with one attached hydrogen (secondary N) is 1. The van der Waals surface area contributed by atoms with E-state index < -0.39 is 23.5 Å². The van der Waals surface area contributed by atoms with Crippen molar-refractivity contribution in [2.24, 2.45) is 0 Å². The summed E-state index contributed by atoms with van der Waals surface area (Å²) in [6, 6.07) is 31.6. The summed E-state index contributed by atoms with van der Waals surface area (Å²) in [5.74, 6) is -3.14. The van der Waals surface area contributed by atoms with E-state index in [4.69, 9.17) is 31.3 Å². The van der Waals surface area contributed by atoms with Gasteiger partial charge < -0.3 is 35.0 Å². The second-order valence-electron chi connectivity index (χ2n) is 11.9. The molecule has 1 aliphatic rings. The van der Waals surface area contributed by atoms with E-state index in [0.717, 1.165) is 23.6 Å². The number of phenols is 1. The zero-order chi connectivity index (χ0) is 38.1. The van der Waals surface area contributed by atoms with Crippen molar-refractivity contribution in [1.29, 1.82) is 0 Å². The van der Waals surface area contributed by atoms with Crippen LogP contribution in [-0.4, -0.2) is 70.3 Å². The number of carbonyl (C=O) groups is 4. The molecule has 2 atom stereocenters. The van der Waals surface area contributed by atoms with Crippen LogP contribution in [0.3, 0.4) is 0 Å². The largest absolute Gasteiger partial charge is 0.507 e. The molecule has 5 rings (SSSR count). The number of benzene rings is 4. The maximum Gasteiger partial charge on any atom is 0.347 e. The molecule has 0 saturated carbocycles. The molecule has 4 N–H and O–H groups in total. The highest BCUT2D eigenvalue weighted by Crippen LogP contribution is 2.34. The molecule has 2 unspecified atom stereocenters. The normalized spacial score (nSPS) is 14.9. The van der Waals surface area contributed by atoms with Gasteiger partial charge in [0, 0.05) is 42.4 Å². The number of halogens is 1. The highest BCUT2D eigenvalue weighted by atomic mass is 35.5. The Morgan fingerprint density at radius 3 is 1.98 bits per heavy atom. The zero-order valence-electron chi connectivity index (χ0n) is 29.2. The quantitative estimate of drug-likeness (QED) is 0.0696. The number of carboxylic acid groups (broad SMARTS) is 2. The van der Waals surface area contributed by atoms with Crippen LogP contribution in [-0.2, 0) is 24.7 Å². The third kappa shape index (κ3) is 13.3. The van der Waals surface area contributed by atoms with Crippen LogP contribution in [0.25, 0.3) is 0 Å². The van der Waals surface area contributed by atoms with Gasteiger partial charge in [-0.25, -0.2) is 14.4 Å². The van der Waals surface area contributed by atoms with Crippen LogP contribution in [0.1, 0.15) is 54.6 Å². The minimum absolute atomic E-state index is 0.0958. The topological polar surface area (TPSA) is 163 Å². The average molecular weight is 731 g/mol. The molecule has 0 aromatic heterocycles. The van der Waals surface area contributed by atoms with Crippen molar-refractivity contribution < 1.29 is 44.0 Å². The number of carboxylic acids is 2. The summed E-state index contributed by atoms with van der Waals surface area (Å²) < 4.78 is 11.6. The van der Waals surface area contributed by atoms with E-state index in [9.17, 15) is 24.3 Å². The van der Waals surface area contributed by atoms with Gasteiger partial charge in [-0.1, -0.05) is 66.2 Å². The minimum Gasteiger partial charge on any atom is -0.507 e. The number of rotatable bonds is 11. The number of aromatic hydroxyl groups is 1. The van der Waals surface area contributed by atoms with Crippen LogP contribution >= 0.6 is 11.6 Å². The third-order valence-electron chi connectivity index (χ3n) is 8.11. The van der Waals surface area contributed by atoms with Crippen LogP contribution in [0.2, 0.25) is 5.02 Å². The summed E-state index contributed by atoms with van der Waals surface area (Å²) in [6.45, 7) is 5.52. The van der Waals surface area contributed by atoms with Gasteiger partial charge in [0.15, 0.2) is 0 Å². The number of para-hydroxylation sites is 1. The monoisotopic (exact) mass is 730 g/mol. The van der Waals surface area contributed by atoms with E-state index in [1.807, 2.05) is 18.2 Å². The Labute approximate surface area is 308 Å². The number of anilines is 1. The molecule has 52 heavy (non-hydrogen) atoms. The lowest BCUT2D eigenvalue weighted by molar-refractivity contribution is -0.134. The summed E-state index contributed by atoms with van der Waals surface area (Å²) in [6.07, 6.45) is 4.77. The standard InChI is InChI=1S/C21H26ClNO.C15H13NO4.C4H4O4/c1-21(17-7-4-3-5-8-17,18-10-12-19(22)13-11-18)24-16-14-20-9-6-15-23(20)2;1-10(17)16-11-6-8-12(9-7-11)20-15(19)13-4-2-3-5-14(13)18;5-3(6)1-2-4(7)8/h3-5,7-8,10-13,20H,6,9,14-16H2,1-2H3;2-9,18H,1H3,(H,16,17);1-2H,(H,5,6)(H,7,8). The van der Waals surface area contributed by atoms with Crippen LogP contribution in [0.15, 0.2) is 115 Å². The van der Waals surface area contributed by atoms with Crippen molar-refractivity contribution in [1.82, 2.24) is 4.90 Å².